The van der Waals surface area contributed by atoms with E-state index in [0.29, 0.717) is 24.2 Å². The zero-order valence-electron chi connectivity index (χ0n) is 32.8. The number of rotatable bonds is 22. The summed E-state index contributed by atoms with van der Waals surface area (Å²) < 4.78 is 30.8. The van der Waals surface area contributed by atoms with Gasteiger partial charge >= 0.3 is 30.1 Å². The molecule has 0 aromatic heterocycles. The van der Waals surface area contributed by atoms with E-state index in [1.54, 1.807) is 37.8 Å². The van der Waals surface area contributed by atoms with Crippen LogP contribution >= 0.6 is 0 Å². The Morgan fingerprint density at radius 3 is 1.89 bits per heavy atom. The van der Waals surface area contributed by atoms with Crippen LogP contribution in [0.3, 0.4) is 0 Å². The molecule has 1 aromatic carbocycles. The number of carbonyl (C=O) groups is 6. The molecule has 0 bridgehead atoms. The van der Waals surface area contributed by atoms with Crippen molar-refractivity contribution in [2.45, 2.75) is 130 Å². The van der Waals surface area contributed by atoms with Crippen LogP contribution in [-0.2, 0) is 47.6 Å². The van der Waals surface area contributed by atoms with Gasteiger partial charge in [-0.1, -0.05) is 57.6 Å². The second kappa shape index (κ2) is 30.5. The molecule has 0 radical (unpaired) electrons. The summed E-state index contributed by atoms with van der Waals surface area (Å²) in [5.74, 6) is -2.27. The van der Waals surface area contributed by atoms with Crippen LogP contribution in [0.4, 0.5) is 21.0 Å². The minimum atomic E-state index is -1.53. The molecule has 3 amide bonds. The van der Waals surface area contributed by atoms with Crippen molar-refractivity contribution in [1.29, 1.82) is 0 Å². The van der Waals surface area contributed by atoms with Crippen molar-refractivity contribution >= 4 is 47.4 Å². The van der Waals surface area contributed by atoms with E-state index in [4.69, 9.17) is 23.7 Å². The Morgan fingerprint density at radius 1 is 0.770 bits per heavy atom. The van der Waals surface area contributed by atoms with Crippen LogP contribution in [0.25, 0.3) is 0 Å². The van der Waals surface area contributed by atoms with E-state index in [2.05, 4.69) is 15.4 Å². The Bertz CT molecular complexity index is 1490. The van der Waals surface area contributed by atoms with Gasteiger partial charge in [0.15, 0.2) is 6.79 Å². The zero-order chi connectivity index (χ0) is 41.4. The molecule has 0 spiro atoms. The minimum Gasteiger partial charge on any atom is -0.463 e. The third-order valence-electron chi connectivity index (χ3n) is 9.16. The molecule has 61 heavy (non-hydrogen) atoms. The van der Waals surface area contributed by atoms with Crippen molar-refractivity contribution in [2.75, 3.05) is 70.7 Å². The summed E-state index contributed by atoms with van der Waals surface area (Å²) in [5, 5.41) is 34.5. The van der Waals surface area contributed by atoms with Crippen LogP contribution in [0, 0.1) is 23.2 Å². The number of aryl methyl sites for hydroxylation is 1. The van der Waals surface area contributed by atoms with Gasteiger partial charge in [0, 0.05) is 31.5 Å². The molecule has 1 saturated heterocycles. The van der Waals surface area contributed by atoms with E-state index >= 15 is 0 Å². The lowest BCUT2D eigenvalue weighted by Gasteiger charge is -2.39. The molecule has 1 heterocycles. The van der Waals surface area contributed by atoms with Crippen LogP contribution in [-0.4, -0.2) is 128 Å². The van der Waals surface area contributed by atoms with Gasteiger partial charge in [-0.05, 0) is 78.0 Å². The molecule has 1 fully saturated rings. The van der Waals surface area contributed by atoms with Crippen molar-refractivity contribution < 1.29 is 72.5 Å². The summed E-state index contributed by atoms with van der Waals surface area (Å²) >= 11 is 0. The van der Waals surface area contributed by atoms with E-state index in [9.17, 15) is 44.1 Å². The van der Waals surface area contributed by atoms with Crippen LogP contribution in [0.5, 0.6) is 0 Å². The van der Waals surface area contributed by atoms with Crippen LogP contribution < -0.4 is 10.6 Å². The lowest BCUT2D eigenvalue weighted by molar-refractivity contribution is -0.172. The van der Waals surface area contributed by atoms with Crippen molar-refractivity contribution in [3.05, 3.63) is 23.8 Å². The molecule has 2 rings (SSSR count). The smallest absolute Gasteiger partial charge is 0.413 e. The second-order valence-corrected chi connectivity index (χ2v) is 14.7. The highest BCUT2D eigenvalue weighted by Gasteiger charge is 2.50. The highest BCUT2D eigenvalue weighted by atomic mass is 16.7. The normalized spacial score (nSPS) is 14.6. The fraction of sp³-hybridized carbons (Fsp3) is 0.721. The van der Waals surface area contributed by atoms with Crippen LogP contribution in [0.15, 0.2) is 18.2 Å². The fourth-order valence-corrected chi connectivity index (χ4v) is 6.05. The third-order valence-corrected chi connectivity index (χ3v) is 9.16. The SMILES string of the molecule is C.C.C.C.C.C.CCC(C)(CC(C)(CC(C)(C)C(=O)OCC(O)COC(=O)Nc1ccc(C)c(NC(=O)OCOC)c1)C(=O)OCC(O)CO)C(=O)OCCN1CCCC1=O. The van der Waals surface area contributed by atoms with Gasteiger partial charge in [0.05, 0.1) is 29.4 Å². The summed E-state index contributed by atoms with van der Waals surface area (Å²) in [6.07, 6.45) is -3.40. The first kappa shape index (κ1) is 65.6. The molecule has 358 valence electrons. The van der Waals surface area contributed by atoms with Crippen LogP contribution in [0.2, 0.25) is 0 Å². The standard InChI is InChI=1S/C37H57N3O15.6CH4/c1-8-36(5,31(46)51-15-14-40-13-9-10-29(40)44)22-37(6,32(47)53-18-26(42)17-41)21-35(3,4)30(45)52-19-27(43)20-54-33(48)38-25-12-11-24(2)28(16-25)39-34(49)55-23-50-7;;;;;;/h11-12,16,26-27,41-43H,8-10,13-15,17-23H2,1-7H3,(H,38,48)(H,39,49);6*1H4. The van der Waals surface area contributed by atoms with E-state index in [-0.39, 0.29) is 95.4 Å². The average Bonchev–Trinajstić information content (AvgIpc) is 3.55. The van der Waals surface area contributed by atoms with Gasteiger partial charge in [0.1, 0.15) is 38.6 Å². The van der Waals surface area contributed by atoms with Crippen molar-refractivity contribution in [1.82, 2.24) is 4.90 Å². The maximum Gasteiger partial charge on any atom is 0.413 e. The highest BCUT2D eigenvalue weighted by molar-refractivity contribution is 5.89. The van der Waals surface area contributed by atoms with Crippen molar-refractivity contribution in [3.63, 3.8) is 0 Å². The number of hydrogen-bond donors (Lipinski definition) is 5. The first-order valence-electron chi connectivity index (χ1n) is 18.0. The number of likely N-dealkylation sites (tertiary alicyclic amines) is 1. The highest BCUT2D eigenvalue weighted by Crippen LogP contribution is 2.46. The Morgan fingerprint density at radius 2 is 1.33 bits per heavy atom. The van der Waals surface area contributed by atoms with E-state index in [0.717, 1.165) is 6.42 Å². The number of amides is 3. The Labute approximate surface area is 365 Å². The third kappa shape index (κ3) is 21.2. The van der Waals surface area contributed by atoms with Crippen LogP contribution in [0.1, 0.15) is 117 Å². The van der Waals surface area contributed by atoms with E-state index in [1.807, 2.05) is 0 Å². The Kier molecular flexibility index (Phi) is 32.8. The number of methoxy groups -OCH3 is 1. The van der Waals surface area contributed by atoms with E-state index < -0.39 is 85.0 Å². The summed E-state index contributed by atoms with van der Waals surface area (Å²) in [6.45, 7) is 7.85. The van der Waals surface area contributed by atoms with Gasteiger partial charge in [-0.25, -0.2) is 9.59 Å². The van der Waals surface area contributed by atoms with Crippen molar-refractivity contribution in [3.8, 4) is 0 Å². The lowest BCUT2D eigenvalue weighted by Crippen LogP contribution is -2.45. The minimum absolute atomic E-state index is 0. The molecule has 1 aromatic rings. The maximum atomic E-state index is 13.6. The summed E-state index contributed by atoms with van der Waals surface area (Å²) in [7, 11) is 1.36. The number of aliphatic hydroxyl groups is 3. The molecule has 0 saturated carbocycles. The second-order valence-electron chi connectivity index (χ2n) is 14.7. The molecule has 1 aliphatic rings. The molecule has 0 aliphatic carbocycles. The summed E-state index contributed by atoms with van der Waals surface area (Å²) in [6, 6.07) is 4.66. The Balaban J connectivity index is -0.00000174. The van der Waals surface area contributed by atoms with Gasteiger partial charge in [0.25, 0.3) is 0 Å². The molecule has 1 aliphatic heterocycles. The predicted molar refractivity (Wildman–Crippen MR) is 236 cm³/mol. The number of nitrogens with zero attached hydrogens (tertiary/aromatic N) is 1. The summed E-state index contributed by atoms with van der Waals surface area (Å²) in [4.78, 5) is 78.3. The number of nitrogens with one attached hydrogen (secondary N) is 2. The topological polar surface area (TPSA) is 246 Å². The van der Waals surface area contributed by atoms with Gasteiger partial charge in [0.2, 0.25) is 5.91 Å². The molecule has 5 N–H and O–H groups in total. The molecular formula is C43H81N3O15. The summed E-state index contributed by atoms with van der Waals surface area (Å²) in [5.41, 5.74) is -2.87. The van der Waals surface area contributed by atoms with Gasteiger partial charge in [-0.2, -0.15) is 0 Å². The van der Waals surface area contributed by atoms with Gasteiger partial charge in [-0.15, -0.1) is 0 Å². The lowest BCUT2D eigenvalue weighted by atomic mass is 9.65. The molecule has 18 heteroatoms. The van der Waals surface area contributed by atoms with E-state index in [1.165, 1.54) is 33.9 Å². The number of hydrogen-bond acceptors (Lipinski definition) is 15. The number of carbonyl (C=O) groups excluding carboxylic acids is 6. The largest absolute Gasteiger partial charge is 0.463 e. The first-order valence-corrected chi connectivity index (χ1v) is 18.0. The number of anilines is 2. The van der Waals surface area contributed by atoms with Gasteiger partial charge < -0.3 is 48.6 Å². The molecule has 18 nitrogen and oxygen atoms in total. The number of aliphatic hydroxyl groups excluding tert-OH is 3. The fourth-order valence-electron chi connectivity index (χ4n) is 6.05. The maximum absolute atomic E-state index is 13.6. The van der Waals surface area contributed by atoms with Gasteiger partial charge in [-0.3, -0.25) is 29.8 Å². The first-order chi connectivity index (χ1) is 25.8. The zero-order valence-corrected chi connectivity index (χ0v) is 32.8. The number of benzene rings is 1. The molecule has 4 unspecified atom stereocenters. The Hall–Kier alpha value is -4.52. The quantitative estimate of drug-likeness (QED) is 0.0462. The number of esters is 3. The average molecular weight is 880 g/mol. The molecular weight excluding hydrogens is 798 g/mol. The van der Waals surface area contributed by atoms with Crippen molar-refractivity contribution in [2.24, 2.45) is 16.2 Å². The predicted octanol–water partition coefficient (Wildman–Crippen LogP) is 6.71. The molecule has 4 atom stereocenters. The monoisotopic (exact) mass is 880 g/mol. The number of ether oxygens (including phenoxy) is 6.